The number of hydrogen-bond donors (Lipinski definition) is 3. The number of nitrogens with zero attached hydrogens (tertiary/aromatic N) is 3. The molecule has 1 aromatic rings. The summed E-state index contributed by atoms with van der Waals surface area (Å²) < 4.78 is 1.44. The third-order valence-corrected chi connectivity index (χ3v) is 3.60. The summed E-state index contributed by atoms with van der Waals surface area (Å²) in [5, 5.41) is 8.73. The molecule has 0 radical (unpaired) electrons. The third kappa shape index (κ3) is 1.96. The second kappa shape index (κ2) is 4.22. The topological polar surface area (TPSA) is 122 Å². The first-order chi connectivity index (χ1) is 9.48. The lowest BCUT2D eigenvalue weighted by atomic mass is 10.00. The second-order valence-corrected chi connectivity index (χ2v) is 4.99. The number of rotatable bonds is 2. The first-order valence-corrected chi connectivity index (χ1v) is 6.19. The molecular formula is C11H14N6O3. The van der Waals surface area contributed by atoms with Gasteiger partial charge in [-0.15, -0.1) is 0 Å². The predicted molar refractivity (Wildman–Crippen MR) is 67.2 cm³/mol. The summed E-state index contributed by atoms with van der Waals surface area (Å²) in [6.07, 6.45) is 2.03. The Balaban J connectivity index is 1.66. The van der Waals surface area contributed by atoms with Crippen LogP contribution in [0.25, 0.3) is 0 Å². The molecule has 1 atom stereocenters. The number of urea groups is 1. The van der Waals surface area contributed by atoms with Gasteiger partial charge >= 0.3 is 6.03 Å². The Morgan fingerprint density at radius 2 is 2.30 bits per heavy atom. The molecule has 2 saturated heterocycles. The van der Waals surface area contributed by atoms with Gasteiger partial charge in [-0.25, -0.2) is 4.79 Å². The number of aromatic nitrogens is 2. The van der Waals surface area contributed by atoms with E-state index in [9.17, 15) is 14.4 Å². The van der Waals surface area contributed by atoms with Gasteiger partial charge < -0.3 is 16.0 Å². The van der Waals surface area contributed by atoms with Crippen molar-refractivity contribution in [1.82, 2.24) is 25.3 Å². The zero-order valence-corrected chi connectivity index (χ0v) is 10.6. The summed E-state index contributed by atoms with van der Waals surface area (Å²) in [6.45, 7) is 0.659. The first kappa shape index (κ1) is 12.5. The van der Waals surface area contributed by atoms with Gasteiger partial charge in [0.25, 0.3) is 5.91 Å². The van der Waals surface area contributed by atoms with Crippen LogP contribution < -0.4 is 16.4 Å². The van der Waals surface area contributed by atoms with E-state index in [2.05, 4.69) is 15.7 Å². The lowest BCUT2D eigenvalue weighted by molar-refractivity contribution is -0.131. The molecule has 0 bridgehead atoms. The molecule has 2 fully saturated rings. The molecule has 3 rings (SSSR count). The summed E-state index contributed by atoms with van der Waals surface area (Å²) in [7, 11) is 0. The Hall–Kier alpha value is -2.58. The summed E-state index contributed by atoms with van der Waals surface area (Å²) in [5.41, 5.74) is 4.50. The van der Waals surface area contributed by atoms with Crippen molar-refractivity contribution in [2.75, 3.05) is 18.8 Å². The van der Waals surface area contributed by atoms with E-state index in [1.807, 2.05) is 0 Å². The van der Waals surface area contributed by atoms with E-state index in [-0.39, 0.29) is 24.9 Å². The summed E-state index contributed by atoms with van der Waals surface area (Å²) in [4.78, 5) is 36.7. The minimum Gasteiger partial charge on any atom is -0.382 e. The first-order valence-electron chi connectivity index (χ1n) is 6.19. The normalized spacial score (nSPS) is 25.1. The second-order valence-electron chi connectivity index (χ2n) is 4.99. The average Bonchev–Trinajstić information content (AvgIpc) is 3.03. The molecule has 20 heavy (non-hydrogen) atoms. The number of carbonyl (C=O) groups excluding carboxylic acids is 3. The van der Waals surface area contributed by atoms with Crippen LogP contribution in [-0.2, 0) is 16.1 Å². The molecule has 9 heteroatoms. The number of likely N-dealkylation sites (tertiary alicyclic amines) is 1. The highest BCUT2D eigenvalue weighted by Gasteiger charge is 2.51. The fourth-order valence-electron chi connectivity index (χ4n) is 2.54. The van der Waals surface area contributed by atoms with Gasteiger partial charge in [-0.3, -0.25) is 19.6 Å². The minimum atomic E-state index is -0.976. The predicted octanol–water partition coefficient (Wildman–Crippen LogP) is -1.72. The maximum atomic E-state index is 12.1. The Morgan fingerprint density at radius 1 is 1.50 bits per heavy atom. The van der Waals surface area contributed by atoms with Crippen LogP contribution >= 0.6 is 0 Å². The van der Waals surface area contributed by atoms with Gasteiger partial charge in [0.1, 0.15) is 17.9 Å². The van der Waals surface area contributed by atoms with Gasteiger partial charge in [0, 0.05) is 12.7 Å². The van der Waals surface area contributed by atoms with Crippen LogP contribution in [0, 0.1) is 0 Å². The number of anilines is 1. The van der Waals surface area contributed by atoms with Crippen molar-refractivity contribution in [2.45, 2.75) is 18.5 Å². The van der Waals surface area contributed by atoms with Crippen molar-refractivity contribution in [1.29, 1.82) is 0 Å². The number of nitrogens with one attached hydrogen (secondary N) is 2. The van der Waals surface area contributed by atoms with E-state index in [0.717, 1.165) is 0 Å². The van der Waals surface area contributed by atoms with Gasteiger partial charge in [-0.1, -0.05) is 0 Å². The maximum absolute atomic E-state index is 12.1. The van der Waals surface area contributed by atoms with Crippen molar-refractivity contribution in [2.24, 2.45) is 0 Å². The summed E-state index contributed by atoms with van der Waals surface area (Å²) in [5.74, 6) is -0.196. The van der Waals surface area contributed by atoms with Crippen molar-refractivity contribution in [3.63, 3.8) is 0 Å². The van der Waals surface area contributed by atoms with Crippen molar-refractivity contribution in [3.8, 4) is 0 Å². The molecule has 4 N–H and O–H groups in total. The lowest BCUT2D eigenvalue weighted by Gasteiger charge is -2.21. The highest BCUT2D eigenvalue weighted by atomic mass is 16.2. The number of carbonyl (C=O) groups is 3. The molecule has 2 aliphatic rings. The number of amides is 4. The number of nitrogens with two attached hydrogens (primary N) is 1. The highest BCUT2D eigenvalue weighted by Crippen LogP contribution is 2.24. The molecule has 9 nitrogen and oxygen atoms in total. The van der Waals surface area contributed by atoms with Crippen LogP contribution in [0.15, 0.2) is 12.3 Å². The minimum absolute atomic E-state index is 0.0584. The molecule has 106 valence electrons. The van der Waals surface area contributed by atoms with Crippen molar-refractivity contribution < 1.29 is 14.4 Å². The number of hydrogen-bond acceptors (Lipinski definition) is 5. The zero-order chi connectivity index (χ0) is 14.3. The molecule has 1 unspecified atom stereocenters. The molecule has 0 aromatic carbocycles. The van der Waals surface area contributed by atoms with Crippen molar-refractivity contribution >= 4 is 23.7 Å². The lowest BCUT2D eigenvalue weighted by Crippen LogP contribution is -2.49. The van der Waals surface area contributed by atoms with Crippen LogP contribution in [-0.4, -0.2) is 51.2 Å². The van der Waals surface area contributed by atoms with Crippen LogP contribution in [0.3, 0.4) is 0 Å². The zero-order valence-electron chi connectivity index (χ0n) is 10.6. The van der Waals surface area contributed by atoms with Gasteiger partial charge in [0.15, 0.2) is 0 Å². The smallest absolute Gasteiger partial charge is 0.322 e. The van der Waals surface area contributed by atoms with Gasteiger partial charge in [0.2, 0.25) is 5.91 Å². The van der Waals surface area contributed by atoms with Crippen LogP contribution in [0.1, 0.15) is 6.42 Å². The van der Waals surface area contributed by atoms with Gasteiger partial charge in [-0.2, -0.15) is 5.10 Å². The largest absolute Gasteiger partial charge is 0.382 e. The Kier molecular flexibility index (Phi) is 2.63. The fourth-order valence-corrected chi connectivity index (χ4v) is 2.54. The highest BCUT2D eigenvalue weighted by molar-refractivity contribution is 6.07. The fraction of sp³-hybridized carbons (Fsp3) is 0.455. The Labute approximate surface area is 114 Å². The third-order valence-electron chi connectivity index (χ3n) is 3.60. The molecule has 2 aliphatic heterocycles. The molecule has 1 aromatic heterocycles. The quantitative estimate of drug-likeness (QED) is 0.555. The van der Waals surface area contributed by atoms with Gasteiger partial charge in [0.05, 0.1) is 6.54 Å². The van der Waals surface area contributed by atoms with E-state index in [1.54, 1.807) is 17.2 Å². The van der Waals surface area contributed by atoms with Gasteiger partial charge in [-0.05, 0) is 12.5 Å². The number of imide groups is 1. The van der Waals surface area contributed by atoms with E-state index >= 15 is 0 Å². The van der Waals surface area contributed by atoms with E-state index in [4.69, 9.17) is 5.73 Å². The molecule has 3 heterocycles. The molecule has 1 spiro atoms. The summed E-state index contributed by atoms with van der Waals surface area (Å²) in [6, 6.07) is 1.09. The Bertz CT molecular complexity index is 597. The molecule has 4 amide bonds. The van der Waals surface area contributed by atoms with Crippen LogP contribution in [0.2, 0.25) is 0 Å². The van der Waals surface area contributed by atoms with Crippen LogP contribution in [0.4, 0.5) is 10.6 Å². The maximum Gasteiger partial charge on any atom is 0.322 e. The summed E-state index contributed by atoms with van der Waals surface area (Å²) >= 11 is 0. The Morgan fingerprint density at radius 3 is 2.90 bits per heavy atom. The van der Waals surface area contributed by atoms with E-state index in [0.29, 0.717) is 18.8 Å². The monoisotopic (exact) mass is 278 g/mol. The SMILES string of the molecule is Nc1ccn(CC(=O)N2CCC3(C2)NC(=O)NC3=O)n1. The molecular weight excluding hydrogens is 264 g/mol. The molecule has 0 aliphatic carbocycles. The molecule has 0 saturated carbocycles. The van der Waals surface area contributed by atoms with Crippen molar-refractivity contribution in [3.05, 3.63) is 12.3 Å². The van der Waals surface area contributed by atoms with E-state index < -0.39 is 11.6 Å². The number of nitrogen functional groups attached to an aromatic ring is 1. The standard InChI is InChI=1S/C11H14N6O3/c12-7-1-3-17(15-7)5-8(18)16-4-2-11(6-16)9(19)13-10(20)14-11/h1,3H,2,4-6H2,(H2,12,15)(H2,13,14,19,20). The average molecular weight is 278 g/mol. The van der Waals surface area contributed by atoms with Crippen LogP contribution in [0.5, 0.6) is 0 Å². The van der Waals surface area contributed by atoms with E-state index in [1.165, 1.54) is 4.68 Å².